The Morgan fingerprint density at radius 2 is 2.00 bits per heavy atom. The van der Waals surface area contributed by atoms with Crippen molar-refractivity contribution in [2.24, 2.45) is 5.92 Å². The first-order valence-corrected chi connectivity index (χ1v) is 9.07. The molecule has 140 valence electrons. The quantitative estimate of drug-likeness (QED) is 0.748. The van der Waals surface area contributed by atoms with E-state index in [2.05, 4.69) is 25.3 Å². The van der Waals surface area contributed by atoms with Crippen LogP contribution in [0.3, 0.4) is 0 Å². The third-order valence-electron chi connectivity index (χ3n) is 4.71. The number of nitrogens with zero attached hydrogens (tertiary/aromatic N) is 5. The van der Waals surface area contributed by atoms with Gasteiger partial charge in [-0.25, -0.2) is 19.3 Å². The van der Waals surface area contributed by atoms with E-state index in [1.54, 1.807) is 6.20 Å². The van der Waals surface area contributed by atoms with Gasteiger partial charge in [-0.1, -0.05) is 0 Å². The maximum atomic E-state index is 13.6. The minimum atomic E-state index is -0.426. The van der Waals surface area contributed by atoms with Crippen molar-refractivity contribution in [2.45, 2.75) is 45.7 Å². The van der Waals surface area contributed by atoms with Gasteiger partial charge in [-0.3, -0.25) is 9.78 Å². The van der Waals surface area contributed by atoms with Crippen molar-refractivity contribution in [1.29, 1.82) is 0 Å². The molecule has 0 saturated heterocycles. The van der Waals surface area contributed by atoms with Gasteiger partial charge in [0.15, 0.2) is 5.65 Å². The molecule has 1 N–H and O–H groups in total. The molecule has 3 aromatic rings. The summed E-state index contributed by atoms with van der Waals surface area (Å²) in [6, 6.07) is 1.17. The van der Waals surface area contributed by atoms with E-state index in [4.69, 9.17) is 0 Å². The smallest absolute Gasteiger partial charge is 0.272 e. The summed E-state index contributed by atoms with van der Waals surface area (Å²) >= 11 is 0. The van der Waals surface area contributed by atoms with E-state index in [9.17, 15) is 9.18 Å². The predicted molar refractivity (Wildman–Crippen MR) is 97.6 cm³/mol. The highest BCUT2D eigenvalue weighted by Crippen LogP contribution is 2.42. The van der Waals surface area contributed by atoms with E-state index in [1.807, 2.05) is 25.3 Å². The van der Waals surface area contributed by atoms with Crippen LogP contribution in [-0.2, 0) is 0 Å². The number of nitrogens with one attached hydrogen (secondary N) is 1. The van der Waals surface area contributed by atoms with Gasteiger partial charge in [0, 0.05) is 18.3 Å². The van der Waals surface area contributed by atoms with E-state index >= 15 is 0 Å². The van der Waals surface area contributed by atoms with Crippen molar-refractivity contribution in [3.05, 3.63) is 47.7 Å². The van der Waals surface area contributed by atoms with Crippen LogP contribution in [0.5, 0.6) is 0 Å². The Morgan fingerprint density at radius 1 is 1.22 bits per heavy atom. The Balaban J connectivity index is 1.73. The number of amides is 1. The van der Waals surface area contributed by atoms with Gasteiger partial charge < -0.3 is 9.88 Å². The lowest BCUT2D eigenvalue weighted by molar-refractivity contribution is 0.0923. The van der Waals surface area contributed by atoms with Crippen LogP contribution in [0.25, 0.3) is 11.2 Å². The normalized spacial score (nSPS) is 15.3. The summed E-state index contributed by atoms with van der Waals surface area (Å²) in [5.74, 6) is 0.283. The zero-order valence-corrected chi connectivity index (χ0v) is 15.5. The summed E-state index contributed by atoms with van der Waals surface area (Å²) in [7, 11) is 0. The number of pyridine rings is 1. The Bertz CT molecular complexity index is 993. The number of aromatic nitrogens is 5. The molecule has 0 unspecified atom stereocenters. The van der Waals surface area contributed by atoms with Crippen LogP contribution in [0.2, 0.25) is 0 Å². The minimum Gasteiger partial charge on any atom is -0.340 e. The molecule has 3 heterocycles. The average Bonchev–Trinajstić information content (AvgIpc) is 3.39. The number of aryl methyl sites for hydroxylation is 1. The molecular weight excluding hydrogens is 347 g/mol. The van der Waals surface area contributed by atoms with Crippen LogP contribution in [-0.4, -0.2) is 30.4 Å². The molecule has 1 amide bonds. The first-order valence-electron chi connectivity index (χ1n) is 9.07. The van der Waals surface area contributed by atoms with Crippen LogP contribution in [0.4, 0.5) is 4.39 Å². The predicted octanol–water partition coefficient (Wildman–Crippen LogP) is 3.13. The van der Waals surface area contributed by atoms with Crippen molar-refractivity contribution in [1.82, 2.24) is 29.8 Å². The van der Waals surface area contributed by atoms with Gasteiger partial charge in [-0.15, -0.1) is 0 Å². The Hall–Kier alpha value is -2.90. The summed E-state index contributed by atoms with van der Waals surface area (Å²) in [6.45, 7) is 5.86. The van der Waals surface area contributed by atoms with Crippen LogP contribution in [0, 0.1) is 18.7 Å². The maximum absolute atomic E-state index is 13.6. The topological polar surface area (TPSA) is 85.6 Å². The highest BCUT2D eigenvalue weighted by atomic mass is 19.1. The lowest BCUT2D eigenvalue weighted by Crippen LogP contribution is -2.33. The van der Waals surface area contributed by atoms with E-state index in [0.29, 0.717) is 22.9 Å². The number of carbonyl (C=O) groups is 1. The van der Waals surface area contributed by atoms with Gasteiger partial charge >= 0.3 is 0 Å². The number of hydrogen-bond acceptors (Lipinski definition) is 5. The molecule has 3 aromatic heterocycles. The molecule has 1 aliphatic rings. The number of hydrogen-bond donors (Lipinski definition) is 1. The molecule has 0 aliphatic heterocycles. The van der Waals surface area contributed by atoms with Crippen LogP contribution >= 0.6 is 0 Å². The van der Waals surface area contributed by atoms with Crippen molar-refractivity contribution in [2.75, 3.05) is 0 Å². The molecule has 0 bridgehead atoms. The molecule has 7 nitrogen and oxygen atoms in total. The fraction of sp³-hybridized carbons (Fsp3) is 0.421. The minimum absolute atomic E-state index is 0.0697. The summed E-state index contributed by atoms with van der Waals surface area (Å²) < 4.78 is 15.6. The van der Waals surface area contributed by atoms with Gasteiger partial charge in [0.05, 0.1) is 24.1 Å². The van der Waals surface area contributed by atoms with E-state index in [-0.39, 0.29) is 23.7 Å². The third kappa shape index (κ3) is 3.39. The van der Waals surface area contributed by atoms with Crippen molar-refractivity contribution in [3.8, 4) is 0 Å². The molecule has 1 fully saturated rings. The van der Waals surface area contributed by atoms with E-state index in [0.717, 1.165) is 18.5 Å². The molecule has 8 heteroatoms. The average molecular weight is 368 g/mol. The van der Waals surface area contributed by atoms with Gasteiger partial charge in [-0.2, -0.15) is 0 Å². The Labute approximate surface area is 156 Å². The van der Waals surface area contributed by atoms with Gasteiger partial charge in [0.25, 0.3) is 5.91 Å². The molecular formula is C19H21FN6O. The second-order valence-electron chi connectivity index (χ2n) is 7.26. The molecule has 4 rings (SSSR count). The monoisotopic (exact) mass is 368 g/mol. The van der Waals surface area contributed by atoms with E-state index in [1.165, 1.54) is 18.5 Å². The second-order valence-corrected chi connectivity index (χ2v) is 7.26. The number of fused-ring (bicyclic) bond motifs is 1. The SMILES string of the molecule is Cc1cnc(C(=O)N[C@H](c2nc3cc(F)cnc3n2C(C)C)C2CC2)cn1. The summed E-state index contributed by atoms with van der Waals surface area (Å²) in [4.78, 5) is 29.8. The van der Waals surface area contributed by atoms with Gasteiger partial charge in [0.2, 0.25) is 0 Å². The molecule has 0 aromatic carbocycles. The first kappa shape index (κ1) is 17.5. The fourth-order valence-electron chi connectivity index (χ4n) is 3.25. The third-order valence-corrected chi connectivity index (χ3v) is 4.71. The summed E-state index contributed by atoms with van der Waals surface area (Å²) in [6.07, 6.45) is 6.24. The Morgan fingerprint density at radius 3 is 2.63 bits per heavy atom. The van der Waals surface area contributed by atoms with Crippen molar-refractivity contribution >= 4 is 17.1 Å². The molecule has 1 atom stereocenters. The zero-order valence-electron chi connectivity index (χ0n) is 15.5. The number of carbonyl (C=O) groups excluding carboxylic acids is 1. The Kier molecular flexibility index (Phi) is 4.33. The van der Waals surface area contributed by atoms with Crippen LogP contribution in [0.1, 0.15) is 60.8 Å². The fourth-order valence-corrected chi connectivity index (χ4v) is 3.25. The van der Waals surface area contributed by atoms with Crippen molar-refractivity contribution < 1.29 is 9.18 Å². The van der Waals surface area contributed by atoms with E-state index < -0.39 is 5.82 Å². The lowest BCUT2D eigenvalue weighted by atomic mass is 10.1. The summed E-state index contributed by atoms with van der Waals surface area (Å²) in [5, 5.41) is 3.06. The molecule has 0 radical (unpaired) electrons. The van der Waals surface area contributed by atoms with Crippen molar-refractivity contribution in [3.63, 3.8) is 0 Å². The molecule has 1 saturated carbocycles. The highest BCUT2D eigenvalue weighted by molar-refractivity contribution is 5.92. The lowest BCUT2D eigenvalue weighted by Gasteiger charge is -2.21. The maximum Gasteiger partial charge on any atom is 0.272 e. The van der Waals surface area contributed by atoms with Crippen LogP contribution in [0.15, 0.2) is 24.7 Å². The molecule has 0 spiro atoms. The first-order chi connectivity index (χ1) is 12.9. The highest BCUT2D eigenvalue weighted by Gasteiger charge is 2.37. The second kappa shape index (κ2) is 6.68. The number of rotatable bonds is 5. The largest absolute Gasteiger partial charge is 0.340 e. The van der Waals surface area contributed by atoms with Gasteiger partial charge in [-0.05, 0) is 39.5 Å². The zero-order chi connectivity index (χ0) is 19.1. The van der Waals surface area contributed by atoms with Gasteiger partial charge in [0.1, 0.15) is 22.9 Å². The summed E-state index contributed by atoms with van der Waals surface area (Å²) in [5.41, 5.74) is 2.13. The molecule has 27 heavy (non-hydrogen) atoms. The van der Waals surface area contributed by atoms with Crippen LogP contribution < -0.4 is 5.32 Å². The number of halogens is 1. The standard InChI is InChI=1S/C19H21FN6O/c1-10(2)26-17-14(6-13(20)8-23-17)24-18(26)16(12-4-5-12)25-19(27)15-9-21-11(3)7-22-15/h6-10,12,16H,4-5H2,1-3H3,(H,25,27)/t16-/m0/s1. The molecule has 1 aliphatic carbocycles. The number of imidazole rings is 1.